The Morgan fingerprint density at radius 1 is 1.25 bits per heavy atom. The molecule has 0 unspecified atom stereocenters. The van der Waals surface area contributed by atoms with Gasteiger partial charge in [-0.25, -0.2) is 9.37 Å². The van der Waals surface area contributed by atoms with Crippen molar-refractivity contribution in [3.05, 3.63) is 35.4 Å². The van der Waals surface area contributed by atoms with E-state index in [0.29, 0.717) is 18.3 Å². The lowest BCUT2D eigenvalue weighted by molar-refractivity contribution is -0.137. The largest absolute Gasteiger partial charge is 0.416 e. The van der Waals surface area contributed by atoms with Crippen molar-refractivity contribution < 1.29 is 17.6 Å². The maximum Gasteiger partial charge on any atom is 0.416 e. The highest BCUT2D eigenvalue weighted by Crippen LogP contribution is 2.34. The van der Waals surface area contributed by atoms with Gasteiger partial charge in [0.05, 0.1) is 5.56 Å². The molecule has 3 nitrogen and oxygen atoms in total. The first-order chi connectivity index (χ1) is 9.24. The number of hydrogen-bond acceptors (Lipinski definition) is 2. The number of nitrogen functional groups attached to an aromatic ring is 1. The van der Waals surface area contributed by atoms with Crippen LogP contribution in [0.2, 0.25) is 0 Å². The van der Waals surface area contributed by atoms with Crippen molar-refractivity contribution in [3.8, 4) is 11.3 Å². The molecule has 0 bridgehead atoms. The Hall–Kier alpha value is -2.05. The molecule has 1 aromatic carbocycles. The Bertz CT molecular complexity index is 644. The topological polar surface area (TPSA) is 43.8 Å². The number of aromatic nitrogens is 2. The third-order valence-electron chi connectivity index (χ3n) is 3.05. The van der Waals surface area contributed by atoms with Crippen molar-refractivity contribution in [2.45, 2.75) is 19.5 Å². The van der Waals surface area contributed by atoms with Gasteiger partial charge in [0.15, 0.2) is 0 Å². The van der Waals surface area contributed by atoms with Gasteiger partial charge in [-0.3, -0.25) is 0 Å². The molecule has 20 heavy (non-hydrogen) atoms. The summed E-state index contributed by atoms with van der Waals surface area (Å²) in [5.74, 6) is -0.145. The Balaban J connectivity index is 2.61. The van der Waals surface area contributed by atoms with Gasteiger partial charge in [0.1, 0.15) is 23.2 Å². The number of imidazole rings is 1. The highest BCUT2D eigenvalue weighted by Gasteiger charge is 2.32. The predicted molar refractivity (Wildman–Crippen MR) is 67.4 cm³/mol. The van der Waals surface area contributed by atoms with Crippen molar-refractivity contribution in [1.29, 1.82) is 0 Å². The molecule has 0 radical (unpaired) electrons. The first-order valence-corrected chi connectivity index (χ1v) is 5.93. The highest BCUT2D eigenvalue weighted by atomic mass is 19.4. The van der Waals surface area contributed by atoms with Crippen molar-refractivity contribution in [2.24, 2.45) is 7.05 Å². The molecule has 1 heterocycles. The van der Waals surface area contributed by atoms with Crippen LogP contribution in [0.4, 0.5) is 23.4 Å². The van der Waals surface area contributed by atoms with Gasteiger partial charge in [0.2, 0.25) is 0 Å². The van der Waals surface area contributed by atoms with Crippen molar-refractivity contribution >= 4 is 5.82 Å². The number of aryl methyl sites for hydroxylation is 1. The Labute approximate surface area is 113 Å². The number of nitrogens with two attached hydrogens (primary N) is 1. The third kappa shape index (κ3) is 2.48. The van der Waals surface area contributed by atoms with Crippen LogP contribution in [0.3, 0.4) is 0 Å². The normalized spacial score (nSPS) is 11.9. The Morgan fingerprint density at radius 3 is 2.40 bits per heavy atom. The quantitative estimate of drug-likeness (QED) is 0.860. The van der Waals surface area contributed by atoms with Crippen LogP contribution in [0.5, 0.6) is 0 Å². The summed E-state index contributed by atoms with van der Waals surface area (Å²) in [6, 6.07) is 2.29. The van der Waals surface area contributed by atoms with Crippen LogP contribution >= 0.6 is 0 Å². The summed E-state index contributed by atoms with van der Waals surface area (Å²) in [4.78, 5) is 4.17. The monoisotopic (exact) mass is 287 g/mol. The van der Waals surface area contributed by atoms with E-state index in [1.165, 1.54) is 0 Å². The first kappa shape index (κ1) is 14.4. The Morgan fingerprint density at radius 2 is 1.90 bits per heavy atom. The average Bonchev–Trinajstić information content (AvgIpc) is 2.64. The van der Waals surface area contributed by atoms with Gasteiger partial charge in [0.25, 0.3) is 0 Å². The van der Waals surface area contributed by atoms with Crippen LogP contribution in [0.15, 0.2) is 18.2 Å². The molecule has 0 aliphatic carbocycles. The zero-order valence-corrected chi connectivity index (χ0v) is 10.9. The lowest BCUT2D eigenvalue weighted by Gasteiger charge is -2.09. The fourth-order valence-electron chi connectivity index (χ4n) is 1.98. The number of alkyl halides is 3. The van der Waals surface area contributed by atoms with Crippen molar-refractivity contribution in [3.63, 3.8) is 0 Å². The molecular weight excluding hydrogens is 274 g/mol. The summed E-state index contributed by atoms with van der Waals surface area (Å²) in [5, 5.41) is 0. The van der Waals surface area contributed by atoms with Crippen LogP contribution in [-0.2, 0) is 19.6 Å². The lowest BCUT2D eigenvalue weighted by Crippen LogP contribution is -2.06. The van der Waals surface area contributed by atoms with Gasteiger partial charge in [-0.1, -0.05) is 6.92 Å². The number of rotatable bonds is 2. The van der Waals surface area contributed by atoms with E-state index in [1.54, 1.807) is 11.6 Å². The summed E-state index contributed by atoms with van der Waals surface area (Å²) in [5.41, 5.74) is 4.94. The molecule has 7 heteroatoms. The van der Waals surface area contributed by atoms with Gasteiger partial charge in [-0.05, 0) is 18.2 Å². The van der Waals surface area contributed by atoms with Crippen LogP contribution in [0.25, 0.3) is 11.3 Å². The van der Waals surface area contributed by atoms with E-state index >= 15 is 0 Å². The second-order valence-electron chi connectivity index (χ2n) is 4.40. The van der Waals surface area contributed by atoms with E-state index in [0.717, 1.165) is 12.1 Å². The molecule has 2 rings (SSSR count). The molecule has 0 saturated carbocycles. The molecule has 108 valence electrons. The average molecular weight is 287 g/mol. The number of hydrogen-bond donors (Lipinski definition) is 1. The molecule has 0 aliphatic heterocycles. The minimum atomic E-state index is -4.62. The van der Waals surface area contributed by atoms with E-state index in [2.05, 4.69) is 4.98 Å². The predicted octanol–water partition coefficient (Wildman–Crippen LogP) is 3.39. The molecule has 0 aliphatic rings. The van der Waals surface area contributed by atoms with Gasteiger partial charge in [-0.15, -0.1) is 0 Å². The summed E-state index contributed by atoms with van der Waals surface area (Å²) < 4.78 is 53.0. The van der Waals surface area contributed by atoms with Crippen LogP contribution < -0.4 is 5.73 Å². The molecule has 0 atom stereocenters. The zero-order valence-electron chi connectivity index (χ0n) is 10.9. The highest BCUT2D eigenvalue weighted by molar-refractivity contribution is 5.71. The SMILES string of the molecule is CCc1nc(-c2cc(F)cc(C(F)(F)F)c2)c(N)n1C. The molecule has 2 aromatic rings. The molecule has 0 amide bonds. The zero-order chi connectivity index (χ0) is 15.1. The van der Waals surface area contributed by atoms with Crippen molar-refractivity contribution in [2.75, 3.05) is 5.73 Å². The first-order valence-electron chi connectivity index (χ1n) is 5.93. The van der Waals surface area contributed by atoms with E-state index in [4.69, 9.17) is 5.73 Å². The molecule has 0 fully saturated rings. The maximum absolute atomic E-state index is 13.4. The number of benzene rings is 1. The Kier molecular flexibility index (Phi) is 3.45. The number of halogens is 4. The van der Waals surface area contributed by atoms with Crippen molar-refractivity contribution in [1.82, 2.24) is 9.55 Å². The smallest absolute Gasteiger partial charge is 0.383 e. The van der Waals surface area contributed by atoms with E-state index in [1.807, 2.05) is 6.92 Å². The summed E-state index contributed by atoms with van der Waals surface area (Å²) >= 11 is 0. The van der Waals surface area contributed by atoms with Gasteiger partial charge in [-0.2, -0.15) is 13.2 Å². The van der Waals surface area contributed by atoms with Gasteiger partial charge >= 0.3 is 6.18 Å². The van der Waals surface area contributed by atoms with Crippen LogP contribution in [-0.4, -0.2) is 9.55 Å². The minimum absolute atomic E-state index is 0.0186. The minimum Gasteiger partial charge on any atom is -0.383 e. The van der Waals surface area contributed by atoms with Gasteiger partial charge in [0, 0.05) is 19.0 Å². The summed E-state index contributed by atoms with van der Waals surface area (Å²) in [7, 11) is 1.66. The molecule has 2 N–H and O–H groups in total. The molecule has 0 saturated heterocycles. The fraction of sp³-hybridized carbons (Fsp3) is 0.308. The van der Waals surface area contributed by atoms with E-state index in [9.17, 15) is 17.6 Å². The van der Waals surface area contributed by atoms with Crippen LogP contribution in [0.1, 0.15) is 18.3 Å². The second kappa shape index (κ2) is 4.81. The summed E-state index contributed by atoms with van der Waals surface area (Å²) in [6.45, 7) is 1.85. The maximum atomic E-state index is 13.4. The van der Waals surface area contributed by atoms with Crippen LogP contribution in [0, 0.1) is 5.82 Å². The number of nitrogens with zero attached hydrogens (tertiary/aromatic N) is 2. The lowest BCUT2D eigenvalue weighted by atomic mass is 10.1. The molecular formula is C13H13F4N3. The molecule has 1 aromatic heterocycles. The fourth-order valence-corrected chi connectivity index (χ4v) is 1.98. The van der Waals surface area contributed by atoms with E-state index < -0.39 is 17.6 Å². The molecule has 0 spiro atoms. The third-order valence-corrected chi connectivity index (χ3v) is 3.05. The second-order valence-corrected chi connectivity index (χ2v) is 4.40. The summed E-state index contributed by atoms with van der Waals surface area (Å²) in [6.07, 6.45) is -4.05. The van der Waals surface area contributed by atoms with E-state index in [-0.39, 0.29) is 17.1 Å². The van der Waals surface area contributed by atoms with Gasteiger partial charge < -0.3 is 10.3 Å². The standard InChI is InChI=1S/C13H13F4N3/c1-3-10-19-11(12(18)20(10)2)7-4-8(13(15,16)17)6-9(14)5-7/h4-6H,3,18H2,1-2H3. The number of anilines is 1.